The highest BCUT2D eigenvalue weighted by molar-refractivity contribution is 6.33. The molecule has 2 N–H and O–H groups in total. The van der Waals surface area contributed by atoms with Gasteiger partial charge in [0.05, 0.1) is 10.6 Å². The monoisotopic (exact) mass is 267 g/mol. The fourth-order valence-corrected chi connectivity index (χ4v) is 2.42. The molecular weight excluding hydrogens is 250 g/mol. The first-order valence-corrected chi connectivity index (χ1v) is 6.57. The molecule has 1 amide bonds. The van der Waals surface area contributed by atoms with E-state index in [4.69, 9.17) is 17.3 Å². The number of halogens is 1. The molecule has 0 bridgehead atoms. The van der Waals surface area contributed by atoms with Crippen molar-refractivity contribution < 1.29 is 4.79 Å². The number of likely N-dealkylation sites (tertiary alicyclic amines) is 1. The molecule has 18 heavy (non-hydrogen) atoms. The molecule has 2 heterocycles. The quantitative estimate of drug-likeness (QED) is 0.850. The van der Waals surface area contributed by atoms with Crippen LogP contribution in [-0.2, 0) is 0 Å². The highest BCUT2D eigenvalue weighted by Crippen LogP contribution is 2.25. The van der Waals surface area contributed by atoms with Crippen molar-refractivity contribution in [2.75, 3.05) is 18.8 Å². The molecule has 0 radical (unpaired) electrons. The van der Waals surface area contributed by atoms with E-state index in [2.05, 4.69) is 18.8 Å². The Morgan fingerprint density at radius 2 is 2.22 bits per heavy atom. The topological polar surface area (TPSA) is 59.2 Å². The highest BCUT2D eigenvalue weighted by Gasteiger charge is 2.27. The Labute approximate surface area is 112 Å². The van der Waals surface area contributed by atoms with Crippen LogP contribution in [0.25, 0.3) is 0 Å². The van der Waals surface area contributed by atoms with Crippen LogP contribution < -0.4 is 5.73 Å². The van der Waals surface area contributed by atoms with Gasteiger partial charge in [-0.05, 0) is 24.3 Å². The number of carbonyl (C=O) groups excluding carboxylic acids is 1. The Morgan fingerprint density at radius 1 is 1.50 bits per heavy atom. The Hall–Kier alpha value is -1.29. The van der Waals surface area contributed by atoms with Gasteiger partial charge in [0.1, 0.15) is 5.82 Å². The van der Waals surface area contributed by atoms with Gasteiger partial charge in [0.15, 0.2) is 0 Å². The Bertz CT molecular complexity index is 464. The molecule has 2 rings (SSSR count). The summed E-state index contributed by atoms with van der Waals surface area (Å²) in [5.74, 6) is 1.45. The molecule has 4 nitrogen and oxygen atoms in total. The third kappa shape index (κ3) is 2.58. The van der Waals surface area contributed by atoms with Gasteiger partial charge in [-0.2, -0.15) is 0 Å². The molecule has 2 atom stereocenters. The van der Waals surface area contributed by atoms with Crippen molar-refractivity contribution in [3.8, 4) is 0 Å². The number of aromatic nitrogens is 1. The third-order valence-electron chi connectivity index (χ3n) is 3.73. The minimum absolute atomic E-state index is 0.0483. The molecule has 1 aliphatic rings. The van der Waals surface area contributed by atoms with Gasteiger partial charge >= 0.3 is 0 Å². The lowest BCUT2D eigenvalue weighted by Crippen LogP contribution is -2.42. The predicted molar refractivity (Wildman–Crippen MR) is 72.5 cm³/mol. The van der Waals surface area contributed by atoms with Crippen molar-refractivity contribution in [1.82, 2.24) is 9.88 Å². The summed E-state index contributed by atoms with van der Waals surface area (Å²) in [6.07, 6.45) is 2.46. The molecule has 1 aliphatic heterocycles. The summed E-state index contributed by atoms with van der Waals surface area (Å²) >= 11 is 6.01. The molecule has 2 unspecified atom stereocenters. The number of nitrogen functional groups attached to an aromatic ring is 1. The number of carbonyl (C=O) groups is 1. The number of nitrogens with zero attached hydrogens (tertiary/aromatic N) is 2. The molecule has 1 aromatic rings. The van der Waals surface area contributed by atoms with Crippen LogP contribution in [0.3, 0.4) is 0 Å². The summed E-state index contributed by atoms with van der Waals surface area (Å²) in [5.41, 5.74) is 6.05. The van der Waals surface area contributed by atoms with Crippen LogP contribution in [-0.4, -0.2) is 28.9 Å². The van der Waals surface area contributed by atoms with Crippen molar-refractivity contribution in [1.29, 1.82) is 0 Å². The lowest BCUT2D eigenvalue weighted by Gasteiger charge is -2.35. The number of nitrogens with two attached hydrogens (primary N) is 1. The molecular formula is C13H18ClN3O. The van der Waals surface area contributed by atoms with Gasteiger partial charge < -0.3 is 10.6 Å². The van der Waals surface area contributed by atoms with Gasteiger partial charge in [0.2, 0.25) is 0 Å². The lowest BCUT2D eigenvalue weighted by molar-refractivity contribution is 0.0627. The summed E-state index contributed by atoms with van der Waals surface area (Å²) in [6.45, 7) is 5.96. The SMILES string of the molecule is CC1CCN(C(=O)c2cc(N)ncc2Cl)CC1C. The number of hydrogen-bond donors (Lipinski definition) is 1. The van der Waals surface area contributed by atoms with E-state index in [9.17, 15) is 4.79 Å². The van der Waals surface area contributed by atoms with Crippen molar-refractivity contribution in [3.63, 3.8) is 0 Å². The second-order valence-corrected chi connectivity index (χ2v) is 5.49. The highest BCUT2D eigenvalue weighted by atomic mass is 35.5. The van der Waals surface area contributed by atoms with Crippen molar-refractivity contribution >= 4 is 23.3 Å². The first-order chi connectivity index (χ1) is 8.49. The maximum absolute atomic E-state index is 12.4. The zero-order chi connectivity index (χ0) is 13.3. The normalized spacial score (nSPS) is 24.1. The van der Waals surface area contributed by atoms with Crippen LogP contribution in [0.4, 0.5) is 5.82 Å². The lowest BCUT2D eigenvalue weighted by atomic mass is 9.88. The van der Waals surface area contributed by atoms with E-state index in [1.807, 2.05) is 4.90 Å². The predicted octanol–water partition coefficient (Wildman–Crippen LogP) is 2.44. The Balaban J connectivity index is 2.19. The van der Waals surface area contributed by atoms with Crippen LogP contribution >= 0.6 is 11.6 Å². The van der Waals surface area contributed by atoms with E-state index in [1.54, 1.807) is 6.07 Å². The van der Waals surface area contributed by atoms with Crippen LogP contribution in [0.15, 0.2) is 12.3 Å². The molecule has 0 aliphatic carbocycles. The van der Waals surface area contributed by atoms with Crippen LogP contribution in [0.1, 0.15) is 30.6 Å². The summed E-state index contributed by atoms with van der Waals surface area (Å²) in [5, 5.41) is 0.362. The van der Waals surface area contributed by atoms with E-state index in [0.717, 1.165) is 19.5 Å². The van der Waals surface area contributed by atoms with Crippen molar-refractivity contribution in [3.05, 3.63) is 22.8 Å². The Morgan fingerprint density at radius 3 is 2.89 bits per heavy atom. The van der Waals surface area contributed by atoms with Gasteiger partial charge in [0, 0.05) is 19.3 Å². The standard InChI is InChI=1S/C13H18ClN3O/c1-8-3-4-17(7-9(8)2)13(18)10-5-12(15)16-6-11(10)14/h5-6,8-9H,3-4,7H2,1-2H3,(H2,15,16). The number of anilines is 1. The van der Waals surface area contributed by atoms with E-state index in [-0.39, 0.29) is 5.91 Å². The zero-order valence-electron chi connectivity index (χ0n) is 10.7. The van der Waals surface area contributed by atoms with Gasteiger partial charge in [-0.1, -0.05) is 25.4 Å². The van der Waals surface area contributed by atoms with Gasteiger partial charge in [-0.15, -0.1) is 0 Å². The average molecular weight is 268 g/mol. The fraction of sp³-hybridized carbons (Fsp3) is 0.538. The number of amides is 1. The zero-order valence-corrected chi connectivity index (χ0v) is 11.4. The minimum atomic E-state index is -0.0483. The number of rotatable bonds is 1. The molecule has 0 spiro atoms. The maximum Gasteiger partial charge on any atom is 0.255 e. The van der Waals surface area contributed by atoms with E-state index in [0.29, 0.717) is 28.2 Å². The maximum atomic E-state index is 12.4. The molecule has 1 aromatic heterocycles. The molecule has 0 aromatic carbocycles. The molecule has 5 heteroatoms. The van der Waals surface area contributed by atoms with E-state index >= 15 is 0 Å². The van der Waals surface area contributed by atoms with Crippen LogP contribution in [0.5, 0.6) is 0 Å². The van der Waals surface area contributed by atoms with Gasteiger partial charge in [-0.3, -0.25) is 4.79 Å². The van der Waals surface area contributed by atoms with Crippen molar-refractivity contribution in [2.24, 2.45) is 11.8 Å². The third-order valence-corrected chi connectivity index (χ3v) is 4.03. The largest absolute Gasteiger partial charge is 0.384 e. The first-order valence-electron chi connectivity index (χ1n) is 6.19. The van der Waals surface area contributed by atoms with E-state index < -0.39 is 0 Å². The summed E-state index contributed by atoms with van der Waals surface area (Å²) in [6, 6.07) is 1.55. The van der Waals surface area contributed by atoms with Crippen LogP contribution in [0, 0.1) is 11.8 Å². The summed E-state index contributed by atoms with van der Waals surface area (Å²) in [7, 11) is 0. The van der Waals surface area contributed by atoms with Gasteiger partial charge in [-0.25, -0.2) is 4.98 Å². The van der Waals surface area contributed by atoms with Crippen molar-refractivity contribution in [2.45, 2.75) is 20.3 Å². The fourth-order valence-electron chi connectivity index (χ4n) is 2.24. The number of piperidine rings is 1. The molecule has 0 saturated carbocycles. The first kappa shape index (κ1) is 13.1. The summed E-state index contributed by atoms with van der Waals surface area (Å²) < 4.78 is 0. The Kier molecular flexibility index (Phi) is 3.76. The molecule has 1 saturated heterocycles. The minimum Gasteiger partial charge on any atom is -0.384 e. The smallest absolute Gasteiger partial charge is 0.255 e. The van der Waals surface area contributed by atoms with Crippen LogP contribution in [0.2, 0.25) is 5.02 Å². The number of hydrogen-bond acceptors (Lipinski definition) is 3. The summed E-state index contributed by atoms with van der Waals surface area (Å²) in [4.78, 5) is 18.1. The molecule has 98 valence electrons. The molecule has 1 fully saturated rings. The van der Waals surface area contributed by atoms with E-state index in [1.165, 1.54) is 6.20 Å². The second-order valence-electron chi connectivity index (χ2n) is 5.08. The van der Waals surface area contributed by atoms with Gasteiger partial charge in [0.25, 0.3) is 5.91 Å². The number of pyridine rings is 1. The second kappa shape index (κ2) is 5.14. The average Bonchev–Trinajstić information content (AvgIpc) is 2.35.